The van der Waals surface area contributed by atoms with Crippen molar-refractivity contribution in [2.75, 3.05) is 0 Å². The molecule has 0 atom stereocenters. The van der Waals surface area contributed by atoms with E-state index in [9.17, 15) is 13.6 Å². The summed E-state index contributed by atoms with van der Waals surface area (Å²) in [5.74, 6) is -1.55. The smallest absolute Gasteiger partial charge is 0.271 e. The minimum absolute atomic E-state index is 0.0907. The lowest BCUT2D eigenvalue weighted by molar-refractivity contribution is 0.0946. The minimum Gasteiger partial charge on any atom is -0.346 e. The average Bonchev–Trinajstić information content (AvgIpc) is 2.91. The van der Waals surface area contributed by atoms with E-state index in [0.717, 1.165) is 23.8 Å². The van der Waals surface area contributed by atoms with Crippen LogP contribution in [0.25, 0.3) is 5.65 Å². The number of nitrogens with zero attached hydrogens (tertiary/aromatic N) is 2. The molecule has 0 aliphatic carbocycles. The number of pyridine rings is 1. The summed E-state index contributed by atoms with van der Waals surface area (Å²) in [6, 6.07) is 6.82. The number of carbonyl (C=O) groups excluding carboxylic acids is 1. The van der Waals surface area contributed by atoms with Crippen LogP contribution in [0, 0.1) is 18.6 Å². The van der Waals surface area contributed by atoms with Crippen molar-refractivity contribution in [3.63, 3.8) is 0 Å². The van der Waals surface area contributed by atoms with Crippen LogP contribution in [0.2, 0.25) is 0 Å². The highest BCUT2D eigenvalue weighted by Crippen LogP contribution is 2.10. The van der Waals surface area contributed by atoms with Crippen LogP contribution < -0.4 is 5.32 Å². The van der Waals surface area contributed by atoms with Gasteiger partial charge in [0.1, 0.15) is 23.0 Å². The van der Waals surface area contributed by atoms with Crippen molar-refractivity contribution in [1.82, 2.24) is 14.7 Å². The SMILES string of the molecule is Cc1ccc2nc(C(=O)NCc3cc(F)ccc3F)cn2c1. The van der Waals surface area contributed by atoms with Gasteiger partial charge in [-0.05, 0) is 36.8 Å². The number of rotatable bonds is 3. The lowest BCUT2D eigenvalue weighted by Crippen LogP contribution is -2.23. The first kappa shape index (κ1) is 14.2. The van der Waals surface area contributed by atoms with Gasteiger partial charge in [-0.1, -0.05) is 6.07 Å². The van der Waals surface area contributed by atoms with Crippen LogP contribution >= 0.6 is 0 Å². The van der Waals surface area contributed by atoms with E-state index in [1.165, 1.54) is 0 Å². The fraction of sp³-hybridized carbons (Fsp3) is 0.125. The molecule has 6 heteroatoms. The summed E-state index contributed by atoms with van der Waals surface area (Å²) in [6.07, 6.45) is 3.45. The van der Waals surface area contributed by atoms with Crippen LogP contribution in [0.3, 0.4) is 0 Å². The van der Waals surface area contributed by atoms with Gasteiger partial charge in [0, 0.05) is 24.5 Å². The molecule has 0 aliphatic rings. The Morgan fingerprint density at radius 1 is 1.23 bits per heavy atom. The molecule has 0 fully saturated rings. The summed E-state index contributed by atoms with van der Waals surface area (Å²) in [5, 5.41) is 2.54. The molecule has 112 valence electrons. The predicted octanol–water partition coefficient (Wildman–Crippen LogP) is 2.85. The third kappa shape index (κ3) is 2.81. The summed E-state index contributed by atoms with van der Waals surface area (Å²) in [6.45, 7) is 1.83. The second-order valence-electron chi connectivity index (χ2n) is 5.02. The quantitative estimate of drug-likeness (QED) is 0.808. The average molecular weight is 301 g/mol. The van der Waals surface area contributed by atoms with Gasteiger partial charge in [0.2, 0.25) is 0 Å². The van der Waals surface area contributed by atoms with E-state index >= 15 is 0 Å². The van der Waals surface area contributed by atoms with Gasteiger partial charge in [0.15, 0.2) is 0 Å². The Labute approximate surface area is 125 Å². The molecule has 0 radical (unpaired) electrons. The normalized spacial score (nSPS) is 10.9. The van der Waals surface area contributed by atoms with Gasteiger partial charge in [0.05, 0.1) is 0 Å². The molecular weight excluding hydrogens is 288 g/mol. The van der Waals surface area contributed by atoms with Crippen LogP contribution in [0.4, 0.5) is 8.78 Å². The van der Waals surface area contributed by atoms with Gasteiger partial charge in [-0.3, -0.25) is 4.79 Å². The number of halogens is 2. The zero-order chi connectivity index (χ0) is 15.7. The van der Waals surface area contributed by atoms with E-state index in [0.29, 0.717) is 5.65 Å². The van der Waals surface area contributed by atoms with Crippen molar-refractivity contribution in [2.45, 2.75) is 13.5 Å². The van der Waals surface area contributed by atoms with Crippen LogP contribution in [0.15, 0.2) is 42.7 Å². The Morgan fingerprint density at radius 2 is 2.05 bits per heavy atom. The van der Waals surface area contributed by atoms with Gasteiger partial charge in [-0.2, -0.15) is 0 Å². The monoisotopic (exact) mass is 301 g/mol. The van der Waals surface area contributed by atoms with E-state index < -0.39 is 17.5 Å². The second-order valence-corrected chi connectivity index (χ2v) is 5.02. The maximum atomic E-state index is 13.5. The predicted molar refractivity (Wildman–Crippen MR) is 77.5 cm³/mol. The Hall–Kier alpha value is -2.76. The van der Waals surface area contributed by atoms with E-state index in [1.807, 2.05) is 19.2 Å². The number of aromatic nitrogens is 2. The maximum absolute atomic E-state index is 13.5. The number of carbonyl (C=O) groups is 1. The van der Waals surface area contributed by atoms with Gasteiger partial charge in [-0.25, -0.2) is 13.8 Å². The van der Waals surface area contributed by atoms with E-state index in [-0.39, 0.29) is 17.8 Å². The van der Waals surface area contributed by atoms with Crippen molar-refractivity contribution in [2.24, 2.45) is 0 Å². The number of nitrogens with one attached hydrogen (secondary N) is 1. The van der Waals surface area contributed by atoms with E-state index in [1.54, 1.807) is 16.7 Å². The molecule has 4 nitrogen and oxygen atoms in total. The molecule has 2 aromatic heterocycles. The number of imidazole rings is 1. The molecule has 0 spiro atoms. The van der Waals surface area contributed by atoms with E-state index in [4.69, 9.17) is 0 Å². The highest BCUT2D eigenvalue weighted by molar-refractivity contribution is 5.92. The molecule has 1 amide bonds. The fourth-order valence-corrected chi connectivity index (χ4v) is 2.16. The van der Waals surface area contributed by atoms with Crippen LogP contribution in [0.1, 0.15) is 21.6 Å². The molecule has 0 bridgehead atoms. The lowest BCUT2D eigenvalue weighted by atomic mass is 10.2. The summed E-state index contributed by atoms with van der Waals surface area (Å²) in [4.78, 5) is 16.3. The molecule has 1 aromatic carbocycles. The molecular formula is C16H13F2N3O. The van der Waals surface area contributed by atoms with E-state index in [2.05, 4.69) is 10.3 Å². The highest BCUT2D eigenvalue weighted by atomic mass is 19.1. The van der Waals surface area contributed by atoms with Gasteiger partial charge in [-0.15, -0.1) is 0 Å². The van der Waals surface area contributed by atoms with Crippen molar-refractivity contribution >= 4 is 11.6 Å². The lowest BCUT2D eigenvalue weighted by Gasteiger charge is -2.04. The molecule has 22 heavy (non-hydrogen) atoms. The van der Waals surface area contributed by atoms with Crippen molar-refractivity contribution < 1.29 is 13.6 Å². The Balaban J connectivity index is 1.77. The first-order chi connectivity index (χ1) is 10.5. The molecule has 3 rings (SSSR count). The number of hydrogen-bond acceptors (Lipinski definition) is 2. The first-order valence-electron chi connectivity index (χ1n) is 6.70. The number of amides is 1. The Bertz CT molecular complexity index is 858. The first-order valence-corrected chi connectivity index (χ1v) is 6.70. The zero-order valence-corrected chi connectivity index (χ0v) is 11.8. The number of fused-ring (bicyclic) bond motifs is 1. The molecule has 0 aliphatic heterocycles. The minimum atomic E-state index is -0.563. The highest BCUT2D eigenvalue weighted by Gasteiger charge is 2.12. The van der Waals surface area contributed by atoms with Gasteiger partial charge in [0.25, 0.3) is 5.91 Å². The van der Waals surface area contributed by atoms with Gasteiger partial charge >= 0.3 is 0 Å². The van der Waals surface area contributed by atoms with Crippen LogP contribution in [-0.4, -0.2) is 15.3 Å². The van der Waals surface area contributed by atoms with Crippen LogP contribution in [0.5, 0.6) is 0 Å². The topological polar surface area (TPSA) is 46.4 Å². The molecule has 1 N–H and O–H groups in total. The summed E-state index contributed by atoms with van der Waals surface area (Å²) in [5.41, 5.74) is 2.00. The fourth-order valence-electron chi connectivity index (χ4n) is 2.16. The molecule has 0 unspecified atom stereocenters. The number of aryl methyl sites for hydroxylation is 1. The van der Waals surface area contributed by atoms with Crippen molar-refractivity contribution in [1.29, 1.82) is 0 Å². The van der Waals surface area contributed by atoms with Crippen LogP contribution in [-0.2, 0) is 6.54 Å². The zero-order valence-electron chi connectivity index (χ0n) is 11.8. The number of hydrogen-bond donors (Lipinski definition) is 1. The molecule has 2 heterocycles. The summed E-state index contributed by atoms with van der Waals surface area (Å²) < 4.78 is 28.3. The molecule has 0 saturated heterocycles. The third-order valence-corrected chi connectivity index (χ3v) is 3.28. The number of benzene rings is 1. The third-order valence-electron chi connectivity index (χ3n) is 3.28. The summed E-state index contributed by atoms with van der Waals surface area (Å²) in [7, 11) is 0. The summed E-state index contributed by atoms with van der Waals surface area (Å²) >= 11 is 0. The van der Waals surface area contributed by atoms with Crippen molar-refractivity contribution in [3.05, 3.63) is 71.2 Å². The molecule has 3 aromatic rings. The largest absolute Gasteiger partial charge is 0.346 e. The molecule has 0 saturated carbocycles. The Kier molecular flexibility index (Phi) is 3.58. The van der Waals surface area contributed by atoms with Gasteiger partial charge < -0.3 is 9.72 Å². The van der Waals surface area contributed by atoms with Crippen molar-refractivity contribution in [3.8, 4) is 0 Å². The second kappa shape index (κ2) is 5.55. The standard InChI is InChI=1S/C16H13F2N3O/c1-10-2-5-15-20-14(9-21(15)8-10)16(22)19-7-11-6-12(17)3-4-13(11)18/h2-6,8-9H,7H2,1H3,(H,19,22). The Morgan fingerprint density at radius 3 is 2.86 bits per heavy atom. The maximum Gasteiger partial charge on any atom is 0.271 e.